The molecule has 114 valence electrons. The van der Waals surface area contributed by atoms with Gasteiger partial charge in [0.2, 0.25) is 0 Å². The molecule has 0 saturated heterocycles. The lowest BCUT2D eigenvalue weighted by Gasteiger charge is -2.45. The Hall–Kier alpha value is -0.870. The van der Waals surface area contributed by atoms with Gasteiger partial charge in [-0.1, -0.05) is 26.7 Å². The van der Waals surface area contributed by atoms with Gasteiger partial charge in [-0.3, -0.25) is 9.58 Å². The smallest absolute Gasteiger partial charge is 0.0522 e. The third-order valence-electron chi connectivity index (χ3n) is 5.02. The van der Waals surface area contributed by atoms with Crippen LogP contribution >= 0.6 is 0 Å². The predicted molar refractivity (Wildman–Crippen MR) is 83.7 cm³/mol. The van der Waals surface area contributed by atoms with Crippen LogP contribution in [-0.2, 0) is 13.0 Å². The third kappa shape index (κ3) is 2.91. The van der Waals surface area contributed by atoms with Crippen molar-refractivity contribution in [3.05, 3.63) is 18.0 Å². The van der Waals surface area contributed by atoms with Gasteiger partial charge in [-0.05, 0) is 44.8 Å². The standard InChI is InChI=1S/C16H30N4/c1-4-19(5-2)16(9-7-8-10-16)15(17)11-14-12-18-20(6-3)13-14/h12-13,15H,4-11,17H2,1-3H3. The largest absolute Gasteiger partial charge is 0.326 e. The summed E-state index contributed by atoms with van der Waals surface area (Å²) in [4.78, 5) is 2.59. The van der Waals surface area contributed by atoms with E-state index in [4.69, 9.17) is 5.73 Å². The van der Waals surface area contributed by atoms with Crippen molar-refractivity contribution < 1.29 is 0 Å². The molecule has 1 saturated carbocycles. The van der Waals surface area contributed by atoms with Crippen LogP contribution in [0.25, 0.3) is 0 Å². The molecule has 1 atom stereocenters. The van der Waals surface area contributed by atoms with Crippen molar-refractivity contribution >= 4 is 0 Å². The minimum Gasteiger partial charge on any atom is -0.326 e. The second-order valence-electron chi connectivity index (χ2n) is 6.00. The van der Waals surface area contributed by atoms with E-state index in [1.165, 1.54) is 31.2 Å². The van der Waals surface area contributed by atoms with Crippen LogP contribution in [0.4, 0.5) is 0 Å². The van der Waals surface area contributed by atoms with Gasteiger partial charge in [0.25, 0.3) is 0 Å². The van der Waals surface area contributed by atoms with Gasteiger partial charge in [-0.15, -0.1) is 0 Å². The molecule has 1 heterocycles. The molecule has 0 spiro atoms. The number of aryl methyl sites for hydroxylation is 1. The van der Waals surface area contributed by atoms with Gasteiger partial charge in [-0.2, -0.15) is 5.10 Å². The SMILES string of the molecule is CCN(CC)C1(C(N)Cc2cnn(CC)c2)CCCC1. The van der Waals surface area contributed by atoms with Crippen LogP contribution in [0.15, 0.2) is 12.4 Å². The quantitative estimate of drug-likeness (QED) is 0.833. The average Bonchev–Trinajstić information content (AvgIpc) is 3.10. The molecule has 1 aromatic rings. The first-order chi connectivity index (χ1) is 9.66. The van der Waals surface area contributed by atoms with Gasteiger partial charge in [-0.25, -0.2) is 0 Å². The first-order valence-corrected chi connectivity index (χ1v) is 8.18. The van der Waals surface area contributed by atoms with E-state index in [0.29, 0.717) is 0 Å². The summed E-state index contributed by atoms with van der Waals surface area (Å²) in [7, 11) is 0. The van der Waals surface area contributed by atoms with Crippen LogP contribution in [0.1, 0.15) is 52.0 Å². The maximum absolute atomic E-state index is 6.67. The van der Waals surface area contributed by atoms with Gasteiger partial charge in [0.05, 0.1) is 6.20 Å². The van der Waals surface area contributed by atoms with Crippen molar-refractivity contribution in [3.8, 4) is 0 Å². The second-order valence-corrected chi connectivity index (χ2v) is 6.00. The Kier molecular flexibility index (Phi) is 5.22. The van der Waals surface area contributed by atoms with E-state index in [0.717, 1.165) is 26.1 Å². The van der Waals surface area contributed by atoms with E-state index in [-0.39, 0.29) is 11.6 Å². The molecule has 0 bridgehead atoms. The number of nitrogens with zero attached hydrogens (tertiary/aromatic N) is 3. The van der Waals surface area contributed by atoms with Crippen molar-refractivity contribution in [2.24, 2.45) is 5.73 Å². The van der Waals surface area contributed by atoms with Crippen LogP contribution in [0.2, 0.25) is 0 Å². The molecule has 1 fully saturated rings. The number of rotatable bonds is 7. The highest BCUT2D eigenvalue weighted by Gasteiger charge is 2.43. The summed E-state index contributed by atoms with van der Waals surface area (Å²) in [5.74, 6) is 0. The zero-order valence-corrected chi connectivity index (χ0v) is 13.3. The highest BCUT2D eigenvalue weighted by molar-refractivity contribution is 5.12. The van der Waals surface area contributed by atoms with E-state index in [2.05, 4.69) is 37.0 Å². The Labute approximate surface area is 123 Å². The lowest BCUT2D eigenvalue weighted by molar-refractivity contribution is 0.0771. The van der Waals surface area contributed by atoms with E-state index < -0.39 is 0 Å². The Morgan fingerprint density at radius 3 is 2.45 bits per heavy atom. The number of likely N-dealkylation sites (N-methyl/N-ethyl adjacent to an activating group) is 1. The molecule has 0 aromatic carbocycles. The number of hydrogen-bond donors (Lipinski definition) is 1. The van der Waals surface area contributed by atoms with Gasteiger partial charge in [0.15, 0.2) is 0 Å². The van der Waals surface area contributed by atoms with Gasteiger partial charge in [0, 0.05) is 24.3 Å². The van der Waals surface area contributed by atoms with Crippen LogP contribution in [-0.4, -0.2) is 39.4 Å². The molecule has 2 N–H and O–H groups in total. The van der Waals surface area contributed by atoms with E-state index in [1.807, 2.05) is 10.9 Å². The molecule has 1 aromatic heterocycles. The molecule has 20 heavy (non-hydrogen) atoms. The summed E-state index contributed by atoms with van der Waals surface area (Å²) >= 11 is 0. The Balaban J connectivity index is 2.12. The van der Waals surface area contributed by atoms with Crippen LogP contribution < -0.4 is 5.73 Å². The first-order valence-electron chi connectivity index (χ1n) is 8.18. The number of aromatic nitrogens is 2. The summed E-state index contributed by atoms with van der Waals surface area (Å²) in [6.45, 7) is 9.75. The Morgan fingerprint density at radius 2 is 1.95 bits per heavy atom. The summed E-state index contributed by atoms with van der Waals surface area (Å²) in [5, 5.41) is 4.37. The average molecular weight is 278 g/mol. The maximum atomic E-state index is 6.67. The van der Waals surface area contributed by atoms with E-state index in [9.17, 15) is 0 Å². The lowest BCUT2D eigenvalue weighted by Crippen LogP contribution is -2.59. The number of hydrogen-bond acceptors (Lipinski definition) is 3. The first kappa shape index (κ1) is 15.5. The van der Waals surface area contributed by atoms with Crippen molar-refractivity contribution in [2.75, 3.05) is 13.1 Å². The van der Waals surface area contributed by atoms with Crippen LogP contribution in [0.3, 0.4) is 0 Å². The second kappa shape index (κ2) is 6.72. The highest BCUT2D eigenvalue weighted by atomic mass is 15.3. The molecule has 0 radical (unpaired) electrons. The highest BCUT2D eigenvalue weighted by Crippen LogP contribution is 2.38. The normalized spacial score (nSPS) is 19.6. The topological polar surface area (TPSA) is 47.1 Å². The molecule has 0 amide bonds. The maximum Gasteiger partial charge on any atom is 0.0522 e. The molecular weight excluding hydrogens is 248 g/mol. The van der Waals surface area contributed by atoms with Crippen molar-refractivity contribution in [1.29, 1.82) is 0 Å². The minimum absolute atomic E-state index is 0.206. The monoisotopic (exact) mass is 278 g/mol. The van der Waals surface area contributed by atoms with E-state index in [1.54, 1.807) is 0 Å². The van der Waals surface area contributed by atoms with Crippen LogP contribution in [0.5, 0.6) is 0 Å². The fourth-order valence-corrected chi connectivity index (χ4v) is 3.89. The third-order valence-corrected chi connectivity index (χ3v) is 5.02. The fourth-order valence-electron chi connectivity index (χ4n) is 3.89. The molecule has 4 nitrogen and oxygen atoms in total. The summed E-state index contributed by atoms with van der Waals surface area (Å²) in [6, 6.07) is 0.208. The summed E-state index contributed by atoms with van der Waals surface area (Å²) in [5.41, 5.74) is 8.15. The predicted octanol–water partition coefficient (Wildman–Crippen LogP) is 2.43. The molecule has 2 rings (SSSR count). The molecule has 0 aliphatic heterocycles. The molecular formula is C16H30N4. The minimum atomic E-state index is 0.206. The van der Waals surface area contributed by atoms with Crippen molar-refractivity contribution in [2.45, 2.75) is 71.0 Å². The van der Waals surface area contributed by atoms with Crippen molar-refractivity contribution in [1.82, 2.24) is 14.7 Å². The summed E-state index contributed by atoms with van der Waals surface area (Å²) in [6.07, 6.45) is 10.2. The Morgan fingerprint density at radius 1 is 1.30 bits per heavy atom. The fraction of sp³-hybridized carbons (Fsp3) is 0.812. The molecule has 1 aliphatic rings. The van der Waals surface area contributed by atoms with Crippen molar-refractivity contribution in [3.63, 3.8) is 0 Å². The number of nitrogens with two attached hydrogens (primary N) is 1. The zero-order valence-electron chi connectivity index (χ0n) is 13.3. The van der Waals surface area contributed by atoms with E-state index >= 15 is 0 Å². The van der Waals surface area contributed by atoms with Crippen LogP contribution in [0, 0.1) is 0 Å². The molecule has 1 unspecified atom stereocenters. The lowest BCUT2D eigenvalue weighted by atomic mass is 9.83. The van der Waals surface area contributed by atoms with Gasteiger partial charge >= 0.3 is 0 Å². The molecule has 1 aliphatic carbocycles. The van der Waals surface area contributed by atoms with Gasteiger partial charge in [0.1, 0.15) is 0 Å². The Bertz CT molecular complexity index is 402. The summed E-state index contributed by atoms with van der Waals surface area (Å²) < 4.78 is 1.99. The molecule has 4 heteroatoms. The zero-order chi connectivity index (χ0) is 14.6. The van der Waals surface area contributed by atoms with Gasteiger partial charge < -0.3 is 5.73 Å².